The van der Waals surface area contributed by atoms with Gasteiger partial charge in [-0.15, -0.1) is 10.2 Å². The molecule has 0 spiro atoms. The van der Waals surface area contributed by atoms with Crippen LogP contribution in [0.1, 0.15) is 5.82 Å². The number of hydrogen-bond acceptors (Lipinski definition) is 10. The third-order valence-electron chi connectivity index (χ3n) is 5.21. The van der Waals surface area contributed by atoms with E-state index < -0.39 is 0 Å². The van der Waals surface area contributed by atoms with Gasteiger partial charge in [-0.3, -0.25) is 4.90 Å². The number of aromatic nitrogens is 7. The van der Waals surface area contributed by atoms with E-state index in [1.807, 2.05) is 36.7 Å². The quantitative estimate of drug-likeness (QED) is 0.481. The number of benzene rings is 1. The second kappa shape index (κ2) is 8.69. The van der Waals surface area contributed by atoms with E-state index in [-0.39, 0.29) is 0 Å². The second-order valence-electron chi connectivity index (χ2n) is 7.31. The molecule has 0 unspecified atom stereocenters. The highest BCUT2D eigenvalue weighted by atomic mass is 32.2. The van der Waals surface area contributed by atoms with Crippen LogP contribution in [0.5, 0.6) is 0 Å². The van der Waals surface area contributed by atoms with Crippen LogP contribution < -0.4 is 5.32 Å². The molecular weight excluding hydrogens is 414 g/mol. The van der Waals surface area contributed by atoms with Crippen molar-refractivity contribution in [1.82, 2.24) is 39.6 Å². The smallest absolute Gasteiger partial charge is 0.226 e. The van der Waals surface area contributed by atoms with E-state index >= 15 is 0 Å². The molecule has 4 aromatic rings. The molecule has 1 aliphatic heterocycles. The van der Waals surface area contributed by atoms with Crippen molar-refractivity contribution < 1.29 is 4.74 Å². The van der Waals surface area contributed by atoms with E-state index in [4.69, 9.17) is 9.72 Å². The Kier molecular flexibility index (Phi) is 5.62. The Bertz CT molecular complexity index is 1220. The second-order valence-corrected chi connectivity index (χ2v) is 8.25. The fourth-order valence-corrected chi connectivity index (χ4v) is 4.34. The van der Waals surface area contributed by atoms with E-state index in [9.17, 15) is 0 Å². The van der Waals surface area contributed by atoms with Gasteiger partial charge in [0.05, 0.1) is 18.7 Å². The Labute approximate surface area is 183 Å². The van der Waals surface area contributed by atoms with Gasteiger partial charge in [0.1, 0.15) is 11.3 Å². The number of anilines is 1. The van der Waals surface area contributed by atoms with Crippen LogP contribution in [0.25, 0.3) is 22.1 Å². The number of ether oxygens (including phenoxy) is 1. The number of rotatable bonds is 6. The molecule has 0 radical (unpaired) electrons. The molecule has 10 nitrogen and oxygen atoms in total. The topological polar surface area (TPSA) is 107 Å². The molecule has 1 aliphatic rings. The predicted molar refractivity (Wildman–Crippen MR) is 118 cm³/mol. The van der Waals surface area contributed by atoms with Gasteiger partial charge in [0.25, 0.3) is 0 Å². The Balaban J connectivity index is 1.32. The zero-order chi connectivity index (χ0) is 21.2. The van der Waals surface area contributed by atoms with Gasteiger partial charge in [-0.05, 0) is 24.8 Å². The number of aryl methyl sites for hydroxylation is 2. The Morgan fingerprint density at radius 2 is 1.87 bits per heavy atom. The first-order valence-corrected chi connectivity index (χ1v) is 11.0. The summed E-state index contributed by atoms with van der Waals surface area (Å²) in [6.45, 7) is 7.03. The van der Waals surface area contributed by atoms with Crippen molar-refractivity contribution in [2.75, 3.05) is 44.7 Å². The molecule has 0 amide bonds. The van der Waals surface area contributed by atoms with Gasteiger partial charge in [0.2, 0.25) is 16.3 Å². The van der Waals surface area contributed by atoms with Crippen molar-refractivity contribution >= 4 is 39.8 Å². The summed E-state index contributed by atoms with van der Waals surface area (Å²) in [5.74, 6) is 1.20. The van der Waals surface area contributed by atoms with E-state index in [1.54, 1.807) is 0 Å². The summed E-state index contributed by atoms with van der Waals surface area (Å²) in [5, 5.41) is 14.1. The highest BCUT2D eigenvalue weighted by molar-refractivity contribution is 7.99. The fourth-order valence-electron chi connectivity index (χ4n) is 3.65. The molecule has 0 aliphatic carbocycles. The molecule has 1 fully saturated rings. The maximum atomic E-state index is 5.39. The van der Waals surface area contributed by atoms with Crippen molar-refractivity contribution in [2.45, 2.75) is 17.2 Å². The maximum absolute atomic E-state index is 5.39. The molecule has 0 atom stereocenters. The summed E-state index contributed by atoms with van der Waals surface area (Å²) >= 11 is 1.28. The standard InChI is InChI=1S/C20H23N9OS/c1-13-22-18(21-7-8-29-9-11-30-12-10-29)25-19(23-13)31-20-24-17-16(26-27-20)14-5-3-4-6-15(14)28(17)2/h3-6H,7-12H2,1-2H3,(H,21,22,23,25). The normalized spacial score (nSPS) is 15.0. The Morgan fingerprint density at radius 3 is 2.74 bits per heavy atom. The molecule has 0 saturated carbocycles. The fraction of sp³-hybridized carbons (Fsp3) is 0.400. The summed E-state index contributed by atoms with van der Waals surface area (Å²) in [5.41, 5.74) is 2.65. The Hall–Kier alpha value is -2.89. The van der Waals surface area contributed by atoms with Gasteiger partial charge in [-0.2, -0.15) is 9.97 Å². The molecule has 1 aromatic carbocycles. The maximum Gasteiger partial charge on any atom is 0.226 e. The van der Waals surface area contributed by atoms with E-state index in [2.05, 4.69) is 41.4 Å². The summed E-state index contributed by atoms with van der Waals surface area (Å²) < 4.78 is 7.42. The zero-order valence-electron chi connectivity index (χ0n) is 17.4. The van der Waals surface area contributed by atoms with Crippen molar-refractivity contribution in [1.29, 1.82) is 0 Å². The van der Waals surface area contributed by atoms with Gasteiger partial charge in [0, 0.05) is 38.6 Å². The minimum atomic E-state index is 0.503. The SMILES string of the molecule is Cc1nc(NCCN2CCOCC2)nc(Sc2nnc3c4ccccc4n(C)c3n2)n1. The van der Waals surface area contributed by atoms with Crippen LogP contribution in [0.15, 0.2) is 34.6 Å². The third-order valence-corrected chi connectivity index (χ3v) is 5.93. The molecule has 1 N–H and O–H groups in total. The van der Waals surface area contributed by atoms with Crippen LogP contribution >= 0.6 is 11.8 Å². The largest absolute Gasteiger partial charge is 0.379 e. The highest BCUT2D eigenvalue weighted by Gasteiger charge is 2.15. The van der Waals surface area contributed by atoms with Crippen LogP contribution in [-0.2, 0) is 11.8 Å². The number of nitrogens with zero attached hydrogens (tertiary/aromatic N) is 8. The first kappa shape index (κ1) is 20.0. The molecule has 1 saturated heterocycles. The average Bonchev–Trinajstić information content (AvgIpc) is 3.06. The molecule has 5 rings (SSSR count). The third kappa shape index (κ3) is 4.29. The van der Waals surface area contributed by atoms with Crippen molar-refractivity contribution in [3.05, 3.63) is 30.1 Å². The first-order valence-electron chi connectivity index (χ1n) is 10.2. The summed E-state index contributed by atoms with van der Waals surface area (Å²) in [6, 6.07) is 8.08. The van der Waals surface area contributed by atoms with Crippen LogP contribution in [0, 0.1) is 6.92 Å². The molecule has 160 valence electrons. The van der Waals surface area contributed by atoms with Gasteiger partial charge < -0.3 is 14.6 Å². The molecule has 4 heterocycles. The van der Waals surface area contributed by atoms with Gasteiger partial charge >= 0.3 is 0 Å². The van der Waals surface area contributed by atoms with Crippen LogP contribution in [0.4, 0.5) is 5.95 Å². The predicted octanol–water partition coefficient (Wildman–Crippen LogP) is 1.91. The minimum absolute atomic E-state index is 0.503. The first-order chi connectivity index (χ1) is 15.2. The van der Waals surface area contributed by atoms with E-state index in [0.29, 0.717) is 22.1 Å². The lowest BCUT2D eigenvalue weighted by molar-refractivity contribution is 0.0398. The highest BCUT2D eigenvalue weighted by Crippen LogP contribution is 2.27. The van der Waals surface area contributed by atoms with Gasteiger partial charge in [-0.1, -0.05) is 18.2 Å². The zero-order valence-corrected chi connectivity index (χ0v) is 18.3. The lowest BCUT2D eigenvalue weighted by Gasteiger charge is -2.26. The Morgan fingerprint density at radius 1 is 1.03 bits per heavy atom. The molecule has 0 bridgehead atoms. The summed E-state index contributed by atoms with van der Waals surface area (Å²) in [6.07, 6.45) is 0. The number of para-hydroxylation sites is 1. The average molecular weight is 438 g/mol. The number of morpholine rings is 1. The number of hydrogen-bond donors (Lipinski definition) is 1. The molecule has 11 heteroatoms. The van der Waals surface area contributed by atoms with Gasteiger partial charge in [0.15, 0.2) is 5.65 Å². The molecule has 31 heavy (non-hydrogen) atoms. The summed E-state index contributed by atoms with van der Waals surface area (Å²) in [7, 11) is 1.98. The van der Waals surface area contributed by atoms with Crippen molar-refractivity contribution in [2.24, 2.45) is 7.05 Å². The molecule has 3 aromatic heterocycles. The summed E-state index contributed by atoms with van der Waals surface area (Å²) in [4.78, 5) is 20.4. The van der Waals surface area contributed by atoms with Gasteiger partial charge in [-0.25, -0.2) is 9.97 Å². The monoisotopic (exact) mass is 437 g/mol. The van der Waals surface area contributed by atoms with Crippen molar-refractivity contribution in [3.8, 4) is 0 Å². The number of fused-ring (bicyclic) bond motifs is 3. The van der Waals surface area contributed by atoms with Crippen LogP contribution in [0.2, 0.25) is 0 Å². The lowest BCUT2D eigenvalue weighted by Crippen LogP contribution is -2.39. The molecular formula is C20H23N9OS. The van der Waals surface area contributed by atoms with Crippen LogP contribution in [0.3, 0.4) is 0 Å². The van der Waals surface area contributed by atoms with E-state index in [1.165, 1.54) is 11.8 Å². The van der Waals surface area contributed by atoms with Crippen LogP contribution in [-0.4, -0.2) is 79.0 Å². The van der Waals surface area contributed by atoms with E-state index in [0.717, 1.165) is 61.5 Å². The minimum Gasteiger partial charge on any atom is -0.379 e. The van der Waals surface area contributed by atoms with Crippen molar-refractivity contribution in [3.63, 3.8) is 0 Å². The number of nitrogens with one attached hydrogen (secondary N) is 1. The lowest BCUT2D eigenvalue weighted by atomic mass is 10.2.